The third-order valence-electron chi connectivity index (χ3n) is 3.95. The van der Waals surface area contributed by atoms with E-state index in [4.69, 9.17) is 15.2 Å². The van der Waals surface area contributed by atoms with Crippen molar-refractivity contribution >= 4 is 11.9 Å². The number of aliphatic carboxylic acids is 1. The zero-order valence-electron chi connectivity index (χ0n) is 12.2. The second-order valence-corrected chi connectivity index (χ2v) is 5.31. The number of nitrogens with two attached hydrogens (primary N) is 1. The highest BCUT2D eigenvalue weighted by Gasteiger charge is 2.44. The third-order valence-corrected chi connectivity index (χ3v) is 3.95. The Bertz CT molecular complexity index is 689. The number of hydrogen-bond donors (Lipinski definition) is 2. The average molecular weight is 313 g/mol. The van der Waals surface area contributed by atoms with Gasteiger partial charge >= 0.3 is 5.97 Å². The fourth-order valence-electron chi connectivity index (χ4n) is 2.79. The molecule has 4 aliphatic heterocycles. The fourth-order valence-corrected chi connectivity index (χ4v) is 2.79. The summed E-state index contributed by atoms with van der Waals surface area (Å²) in [7, 11) is 0. The van der Waals surface area contributed by atoms with Crippen molar-refractivity contribution in [3.63, 3.8) is 0 Å². The molecule has 3 N–H and O–H groups in total. The summed E-state index contributed by atoms with van der Waals surface area (Å²) >= 11 is 0. The number of rotatable bonds is 3. The van der Waals surface area contributed by atoms with Crippen LogP contribution in [0.1, 0.15) is 17.5 Å². The number of amides is 1. The second-order valence-electron chi connectivity index (χ2n) is 5.31. The van der Waals surface area contributed by atoms with Crippen molar-refractivity contribution in [3.05, 3.63) is 59.7 Å². The van der Waals surface area contributed by atoms with Crippen molar-refractivity contribution < 1.29 is 24.2 Å². The molecule has 6 rings (SSSR count). The van der Waals surface area contributed by atoms with E-state index >= 15 is 0 Å². The fraction of sp³-hybridized carbons (Fsp3) is 0.176. The summed E-state index contributed by atoms with van der Waals surface area (Å²) in [5, 5.41) is 9.92. The molecule has 4 aliphatic rings. The highest BCUT2D eigenvalue weighted by Crippen LogP contribution is 2.38. The van der Waals surface area contributed by atoms with E-state index < -0.39 is 17.3 Å². The Kier molecular flexibility index (Phi) is 3.65. The molecule has 0 saturated heterocycles. The van der Waals surface area contributed by atoms with Gasteiger partial charge in [-0.25, -0.2) is 0 Å². The zero-order chi connectivity index (χ0) is 16.4. The summed E-state index contributed by atoms with van der Waals surface area (Å²) in [6.45, 7) is 0.0457. The summed E-state index contributed by atoms with van der Waals surface area (Å²) in [6, 6.07) is 13.1. The van der Waals surface area contributed by atoms with Gasteiger partial charge in [-0.3, -0.25) is 9.59 Å². The Morgan fingerprint density at radius 1 is 0.957 bits per heavy atom. The van der Waals surface area contributed by atoms with Gasteiger partial charge in [-0.15, -0.1) is 0 Å². The molecule has 2 aromatic carbocycles. The van der Waals surface area contributed by atoms with Gasteiger partial charge < -0.3 is 20.3 Å². The van der Waals surface area contributed by atoms with Crippen LogP contribution in [-0.2, 0) is 15.0 Å². The largest absolute Gasteiger partial charge is 0.480 e. The van der Waals surface area contributed by atoms with Crippen molar-refractivity contribution in [2.75, 3.05) is 6.79 Å². The van der Waals surface area contributed by atoms with E-state index in [1.165, 1.54) is 0 Å². The number of carboxylic acids is 1. The van der Waals surface area contributed by atoms with Crippen LogP contribution in [0.3, 0.4) is 0 Å². The van der Waals surface area contributed by atoms with Crippen LogP contribution >= 0.6 is 0 Å². The van der Waals surface area contributed by atoms with Crippen LogP contribution in [0.25, 0.3) is 0 Å². The predicted octanol–water partition coefficient (Wildman–Crippen LogP) is 1.66. The molecule has 4 heterocycles. The first-order valence-corrected chi connectivity index (χ1v) is 7.01. The van der Waals surface area contributed by atoms with Crippen LogP contribution in [0.15, 0.2) is 48.5 Å². The predicted molar refractivity (Wildman–Crippen MR) is 81.2 cm³/mol. The van der Waals surface area contributed by atoms with Gasteiger partial charge in [-0.2, -0.15) is 0 Å². The second kappa shape index (κ2) is 5.64. The summed E-state index contributed by atoms with van der Waals surface area (Å²) in [5.74, 6) is -0.750. The highest BCUT2D eigenvalue weighted by molar-refractivity contribution is 5.92. The first kappa shape index (κ1) is 14.9. The number of carbonyl (C=O) groups is 2. The molecule has 0 unspecified atom stereocenters. The molecule has 4 bridgehead atoms. The molecule has 0 aliphatic carbocycles. The molecule has 0 fully saturated rings. The van der Waals surface area contributed by atoms with E-state index in [0.717, 1.165) is 0 Å². The topological polar surface area (TPSA) is 98.9 Å². The van der Waals surface area contributed by atoms with Crippen LogP contribution in [0.5, 0.6) is 11.5 Å². The molecule has 0 aromatic heterocycles. The van der Waals surface area contributed by atoms with E-state index in [-0.39, 0.29) is 13.2 Å². The summed E-state index contributed by atoms with van der Waals surface area (Å²) in [6.07, 6.45) is -0.345. The number of ether oxygens (including phenoxy) is 2. The molecule has 0 saturated carbocycles. The van der Waals surface area contributed by atoms with Crippen molar-refractivity contribution in [2.45, 2.75) is 11.8 Å². The van der Waals surface area contributed by atoms with Crippen LogP contribution < -0.4 is 15.2 Å². The van der Waals surface area contributed by atoms with Crippen LogP contribution in [0.2, 0.25) is 0 Å². The number of carbonyl (C=O) groups excluding carboxylic acids is 1. The Labute approximate surface area is 132 Å². The Hall–Kier alpha value is -3.02. The molecule has 0 spiro atoms. The summed E-state index contributed by atoms with van der Waals surface area (Å²) in [4.78, 5) is 23.7. The van der Waals surface area contributed by atoms with Gasteiger partial charge in [0.25, 0.3) is 0 Å². The summed E-state index contributed by atoms with van der Waals surface area (Å²) in [5.41, 5.74) is 4.71. The lowest BCUT2D eigenvalue weighted by Gasteiger charge is -2.30. The maximum Gasteiger partial charge on any atom is 0.319 e. The Morgan fingerprint density at radius 2 is 1.39 bits per heavy atom. The number of benzene rings is 2. The monoisotopic (exact) mass is 313 g/mol. The zero-order valence-corrected chi connectivity index (χ0v) is 12.2. The number of primary amides is 1. The maximum absolute atomic E-state index is 12.1. The van der Waals surface area contributed by atoms with Crippen LogP contribution in [0, 0.1) is 0 Å². The van der Waals surface area contributed by atoms with Crippen molar-refractivity contribution in [1.29, 1.82) is 0 Å². The minimum atomic E-state index is -1.55. The first-order valence-electron chi connectivity index (χ1n) is 7.01. The quantitative estimate of drug-likeness (QED) is 0.898. The molecule has 0 radical (unpaired) electrons. The minimum absolute atomic E-state index is 0.0457. The van der Waals surface area contributed by atoms with Gasteiger partial charge in [-0.05, 0) is 35.4 Å². The SMILES string of the molecule is NC(=O)CC1(C(=O)O)c2ccc(cc2)OCOc2ccc1cc2. The lowest BCUT2D eigenvalue weighted by Crippen LogP contribution is -2.41. The smallest absolute Gasteiger partial charge is 0.319 e. The lowest BCUT2D eigenvalue weighted by atomic mass is 9.72. The van der Waals surface area contributed by atoms with Gasteiger partial charge in [-0.1, -0.05) is 24.3 Å². The standard InChI is InChI=1S/C17H15NO5/c18-15(19)9-17(16(20)21)11-1-5-13(6-2-11)22-10-23-14-7-3-12(17)4-8-14/h1-8H,9-10H2,(H2,18,19)(H,20,21). The van der Waals surface area contributed by atoms with E-state index in [9.17, 15) is 14.7 Å². The Balaban J connectivity index is 2.27. The van der Waals surface area contributed by atoms with Crippen LogP contribution in [-0.4, -0.2) is 23.8 Å². The van der Waals surface area contributed by atoms with Gasteiger partial charge in [0.1, 0.15) is 16.9 Å². The van der Waals surface area contributed by atoms with Crippen molar-refractivity contribution in [3.8, 4) is 11.5 Å². The molecular formula is C17H15NO5. The normalized spacial score (nSPS) is 15.0. The van der Waals surface area contributed by atoms with E-state index in [2.05, 4.69) is 0 Å². The number of carboxylic acid groups (broad SMARTS) is 1. The van der Waals surface area contributed by atoms with E-state index in [1.54, 1.807) is 48.5 Å². The van der Waals surface area contributed by atoms with Crippen molar-refractivity contribution in [1.82, 2.24) is 0 Å². The minimum Gasteiger partial charge on any atom is -0.480 e. The number of hydrogen-bond acceptors (Lipinski definition) is 4. The van der Waals surface area contributed by atoms with E-state index in [0.29, 0.717) is 22.6 Å². The van der Waals surface area contributed by atoms with E-state index in [1.807, 2.05) is 0 Å². The van der Waals surface area contributed by atoms with Gasteiger partial charge in [0.2, 0.25) is 12.7 Å². The molecule has 1 amide bonds. The van der Waals surface area contributed by atoms with Crippen molar-refractivity contribution in [2.24, 2.45) is 5.73 Å². The van der Waals surface area contributed by atoms with Gasteiger partial charge in [0.15, 0.2) is 0 Å². The Morgan fingerprint density at radius 3 is 1.74 bits per heavy atom. The molecular weight excluding hydrogens is 298 g/mol. The molecule has 118 valence electrons. The highest BCUT2D eigenvalue weighted by atomic mass is 16.7. The molecule has 6 nitrogen and oxygen atoms in total. The maximum atomic E-state index is 12.1. The van der Waals surface area contributed by atoms with Crippen LogP contribution in [0.4, 0.5) is 0 Å². The molecule has 6 heteroatoms. The average Bonchev–Trinajstić information content (AvgIpc) is 2.52. The first-order chi connectivity index (χ1) is 11.0. The summed E-state index contributed by atoms with van der Waals surface area (Å²) < 4.78 is 10.9. The molecule has 0 atom stereocenters. The third kappa shape index (κ3) is 2.59. The molecule has 23 heavy (non-hydrogen) atoms. The lowest BCUT2D eigenvalue weighted by molar-refractivity contribution is -0.144. The molecule has 2 aromatic rings. The van der Waals surface area contributed by atoms with Gasteiger partial charge in [0.05, 0.1) is 6.42 Å². The van der Waals surface area contributed by atoms with Gasteiger partial charge in [0, 0.05) is 0 Å².